The summed E-state index contributed by atoms with van der Waals surface area (Å²) in [5, 5.41) is 2.58. The molecule has 68 valence electrons. The third kappa shape index (κ3) is 2.00. The van der Waals surface area contributed by atoms with Gasteiger partial charge in [0.1, 0.15) is 0 Å². The molecule has 0 radical (unpaired) electrons. The van der Waals surface area contributed by atoms with Gasteiger partial charge in [-0.3, -0.25) is 0 Å². The highest BCUT2D eigenvalue weighted by molar-refractivity contribution is 5.12. The Labute approximate surface area is 71.7 Å². The van der Waals surface area contributed by atoms with Crippen LogP contribution in [0.3, 0.4) is 0 Å². The van der Waals surface area contributed by atoms with E-state index in [1.54, 1.807) is 0 Å². The summed E-state index contributed by atoms with van der Waals surface area (Å²) in [4.78, 5) is 11.0. The lowest BCUT2D eigenvalue weighted by atomic mass is 10.1. The second-order valence-electron chi connectivity index (χ2n) is 3.05. The van der Waals surface area contributed by atoms with Gasteiger partial charge in [0.15, 0.2) is 0 Å². The summed E-state index contributed by atoms with van der Waals surface area (Å²) in [6.07, 6.45) is 4.25. The minimum absolute atomic E-state index is 0.205. The van der Waals surface area contributed by atoms with Crippen molar-refractivity contribution in [3.63, 3.8) is 0 Å². The highest BCUT2D eigenvalue weighted by Gasteiger charge is 2.06. The van der Waals surface area contributed by atoms with E-state index in [4.69, 9.17) is 0 Å². The van der Waals surface area contributed by atoms with Gasteiger partial charge in [0.2, 0.25) is 0 Å². The number of hydrogen-bond donors (Lipinski definition) is 1. The summed E-state index contributed by atoms with van der Waals surface area (Å²) in [7, 11) is 0. The van der Waals surface area contributed by atoms with Gasteiger partial charge in [0.05, 0.1) is 11.3 Å². The number of H-pyrrole nitrogens is 1. The first-order chi connectivity index (χ1) is 5.75. The predicted molar refractivity (Wildman–Crippen MR) is 47.3 cm³/mol. The Morgan fingerprint density at radius 1 is 1.42 bits per heavy atom. The second kappa shape index (κ2) is 4.14. The third-order valence-corrected chi connectivity index (χ3v) is 2.03. The summed E-state index contributed by atoms with van der Waals surface area (Å²) < 4.78 is 4.65. The molecule has 12 heavy (non-hydrogen) atoms. The molecule has 1 N–H and O–H groups in total. The minimum atomic E-state index is -0.205. The lowest BCUT2D eigenvalue weighted by Gasteiger charge is -1.94. The van der Waals surface area contributed by atoms with Crippen LogP contribution in [0.5, 0.6) is 0 Å². The second-order valence-corrected chi connectivity index (χ2v) is 3.05. The van der Waals surface area contributed by atoms with Crippen molar-refractivity contribution in [3.8, 4) is 0 Å². The van der Waals surface area contributed by atoms with E-state index >= 15 is 0 Å². The third-order valence-electron chi connectivity index (χ3n) is 2.03. The zero-order valence-corrected chi connectivity index (χ0v) is 7.64. The topological polar surface area (TPSA) is 46.0 Å². The van der Waals surface area contributed by atoms with Crippen LogP contribution in [0.4, 0.5) is 0 Å². The van der Waals surface area contributed by atoms with E-state index in [1.807, 2.05) is 6.92 Å². The first kappa shape index (κ1) is 9.10. The Morgan fingerprint density at radius 2 is 2.17 bits per heavy atom. The number of aromatic nitrogens is 1. The Morgan fingerprint density at radius 3 is 2.67 bits per heavy atom. The molecule has 1 rings (SSSR count). The molecule has 0 fully saturated rings. The Kier molecular flexibility index (Phi) is 3.14. The fourth-order valence-electron chi connectivity index (χ4n) is 1.24. The van der Waals surface area contributed by atoms with Crippen LogP contribution >= 0.6 is 0 Å². The molecule has 0 bridgehead atoms. The molecule has 0 saturated heterocycles. The Hall–Kier alpha value is -0.990. The van der Waals surface area contributed by atoms with Crippen LogP contribution in [0.1, 0.15) is 37.4 Å². The van der Waals surface area contributed by atoms with Crippen molar-refractivity contribution in [1.29, 1.82) is 0 Å². The molecule has 0 spiro atoms. The number of hydrogen-bond acceptors (Lipinski definition) is 2. The van der Waals surface area contributed by atoms with E-state index in [-0.39, 0.29) is 5.63 Å². The summed E-state index contributed by atoms with van der Waals surface area (Å²) in [6, 6.07) is 0. The molecule has 3 nitrogen and oxygen atoms in total. The van der Waals surface area contributed by atoms with Gasteiger partial charge in [-0.05, 0) is 19.8 Å². The highest BCUT2D eigenvalue weighted by atomic mass is 16.5. The lowest BCUT2D eigenvalue weighted by molar-refractivity contribution is 0.386. The van der Waals surface area contributed by atoms with E-state index in [1.165, 1.54) is 12.8 Å². The van der Waals surface area contributed by atoms with Crippen molar-refractivity contribution in [1.82, 2.24) is 5.16 Å². The number of aromatic amines is 1. The highest BCUT2D eigenvalue weighted by Crippen LogP contribution is 2.05. The smallest absolute Gasteiger partial charge is 0.339 e. The molecule has 0 aliphatic carbocycles. The summed E-state index contributed by atoms with van der Waals surface area (Å²) in [5.41, 5.74) is 1.48. The molecule has 1 heterocycles. The van der Waals surface area contributed by atoms with Crippen LogP contribution in [0.25, 0.3) is 0 Å². The van der Waals surface area contributed by atoms with Gasteiger partial charge in [-0.25, -0.2) is 9.95 Å². The zero-order valence-electron chi connectivity index (χ0n) is 7.64. The van der Waals surface area contributed by atoms with Gasteiger partial charge >= 0.3 is 5.63 Å². The van der Waals surface area contributed by atoms with E-state index < -0.39 is 0 Å². The van der Waals surface area contributed by atoms with E-state index in [9.17, 15) is 4.79 Å². The molecule has 0 aliphatic rings. The van der Waals surface area contributed by atoms with E-state index in [2.05, 4.69) is 16.6 Å². The number of nitrogens with one attached hydrogen (secondary N) is 1. The van der Waals surface area contributed by atoms with Crippen LogP contribution in [-0.2, 0) is 6.42 Å². The first-order valence-electron chi connectivity index (χ1n) is 4.42. The fourth-order valence-corrected chi connectivity index (χ4v) is 1.24. The van der Waals surface area contributed by atoms with Crippen LogP contribution in [0.2, 0.25) is 0 Å². The molecule has 0 atom stereocenters. The van der Waals surface area contributed by atoms with Gasteiger partial charge < -0.3 is 4.52 Å². The summed E-state index contributed by atoms with van der Waals surface area (Å²) in [5.74, 6) is 0. The predicted octanol–water partition coefficient (Wildman–Crippen LogP) is 2.01. The van der Waals surface area contributed by atoms with Gasteiger partial charge in [-0.2, -0.15) is 0 Å². The molecule has 0 amide bonds. The van der Waals surface area contributed by atoms with E-state index in [0.29, 0.717) is 0 Å². The summed E-state index contributed by atoms with van der Waals surface area (Å²) in [6.45, 7) is 4.01. The zero-order chi connectivity index (χ0) is 8.97. The van der Waals surface area contributed by atoms with Crippen LogP contribution < -0.4 is 5.63 Å². The Bertz CT molecular complexity index is 285. The van der Waals surface area contributed by atoms with Crippen LogP contribution in [0, 0.1) is 6.92 Å². The molecular weight excluding hydrogens is 154 g/mol. The van der Waals surface area contributed by atoms with Crippen molar-refractivity contribution < 1.29 is 4.52 Å². The molecule has 1 aromatic rings. The molecule has 1 aromatic heterocycles. The maximum Gasteiger partial charge on any atom is 0.360 e. The SMILES string of the molecule is CCCCCc1c(C)[nH]oc1=O. The number of aryl methyl sites for hydroxylation is 1. The average Bonchev–Trinajstić information content (AvgIpc) is 2.35. The Balaban J connectivity index is 2.56. The minimum Gasteiger partial charge on any atom is -0.339 e. The van der Waals surface area contributed by atoms with Crippen molar-refractivity contribution in [2.75, 3.05) is 0 Å². The lowest BCUT2D eigenvalue weighted by Crippen LogP contribution is -2.02. The van der Waals surface area contributed by atoms with Crippen LogP contribution in [-0.4, -0.2) is 5.16 Å². The summed E-state index contributed by atoms with van der Waals surface area (Å²) >= 11 is 0. The van der Waals surface area contributed by atoms with Gasteiger partial charge in [0, 0.05) is 0 Å². The van der Waals surface area contributed by atoms with E-state index in [0.717, 1.165) is 24.1 Å². The molecular formula is C9H15NO2. The first-order valence-corrected chi connectivity index (χ1v) is 4.42. The quantitative estimate of drug-likeness (QED) is 0.701. The number of unbranched alkanes of at least 4 members (excludes halogenated alkanes) is 2. The standard InChI is InChI=1S/C9H15NO2/c1-3-4-5-6-8-7(2)10-12-9(8)11/h10H,3-6H2,1-2H3. The fraction of sp³-hybridized carbons (Fsp3) is 0.667. The monoisotopic (exact) mass is 169 g/mol. The maximum atomic E-state index is 11.0. The largest absolute Gasteiger partial charge is 0.360 e. The van der Waals surface area contributed by atoms with Crippen molar-refractivity contribution >= 4 is 0 Å². The van der Waals surface area contributed by atoms with Gasteiger partial charge in [-0.15, -0.1) is 0 Å². The molecule has 0 aliphatic heterocycles. The maximum absolute atomic E-state index is 11.0. The molecule has 0 aromatic carbocycles. The molecule has 0 unspecified atom stereocenters. The normalized spacial score (nSPS) is 10.5. The van der Waals surface area contributed by atoms with Crippen molar-refractivity contribution in [2.24, 2.45) is 0 Å². The van der Waals surface area contributed by atoms with Gasteiger partial charge in [-0.1, -0.05) is 19.8 Å². The molecule has 0 saturated carbocycles. The van der Waals surface area contributed by atoms with Crippen molar-refractivity contribution in [3.05, 3.63) is 21.7 Å². The van der Waals surface area contributed by atoms with Crippen molar-refractivity contribution in [2.45, 2.75) is 39.5 Å². The molecule has 3 heteroatoms. The average molecular weight is 169 g/mol. The van der Waals surface area contributed by atoms with Crippen LogP contribution in [0.15, 0.2) is 9.32 Å². The number of rotatable bonds is 4. The van der Waals surface area contributed by atoms with Gasteiger partial charge in [0.25, 0.3) is 0 Å².